The number of carbonyl (C=O) groups is 2. The lowest BCUT2D eigenvalue weighted by Gasteiger charge is -2.10. The molecule has 1 atom stereocenters. The lowest BCUT2D eigenvalue weighted by atomic mass is 10.1. The maximum absolute atomic E-state index is 10.8. The number of aliphatic imine (C=N–C) groups is 1. The smallest absolute Gasteiger partial charge is 0.469 e. The third kappa shape index (κ3) is 6.69. The molecule has 0 bridgehead atoms. The molecule has 1 unspecified atom stereocenters. The van der Waals surface area contributed by atoms with Gasteiger partial charge in [0.15, 0.2) is 0 Å². The minimum Gasteiger partial charge on any atom is -0.481 e. The Bertz CT molecular complexity index is 434. The van der Waals surface area contributed by atoms with E-state index in [-0.39, 0.29) is 0 Å². The number of carboxylic acids is 2. The van der Waals surface area contributed by atoms with Gasteiger partial charge in [0.1, 0.15) is 0 Å². The summed E-state index contributed by atoms with van der Waals surface area (Å²) in [7, 11) is -10.4. The molecule has 0 aliphatic heterocycles. The fourth-order valence-electron chi connectivity index (χ4n) is 0.994. The molecule has 0 aromatic carbocycles. The van der Waals surface area contributed by atoms with Crippen molar-refractivity contribution in [2.24, 2.45) is 10.9 Å². The summed E-state index contributed by atoms with van der Waals surface area (Å²) >= 11 is 0. The SMILES string of the molecule is O=C(O)CC(CN=C(P(=O)(O)O)[P+](O)(O)O)C(=O)O. The van der Waals surface area contributed by atoms with Gasteiger partial charge in [-0.15, -0.1) is 0 Å². The highest BCUT2D eigenvalue weighted by Gasteiger charge is 2.51. The number of carboxylic acid groups (broad SMARTS) is 2. The fourth-order valence-corrected chi connectivity index (χ4v) is 2.93. The largest absolute Gasteiger partial charge is 0.481 e. The first-order valence-electron chi connectivity index (χ1n) is 4.48. The monoisotopic (exact) mass is 320 g/mol. The normalized spacial score (nSPS) is 15.1. The highest BCUT2D eigenvalue weighted by molar-refractivity contribution is 8.00. The van der Waals surface area contributed by atoms with Crippen molar-refractivity contribution >= 4 is 32.7 Å². The molecule has 0 aliphatic carbocycles. The summed E-state index contributed by atoms with van der Waals surface area (Å²) in [6.07, 6.45) is -0.888. The van der Waals surface area contributed by atoms with Gasteiger partial charge in [0.25, 0.3) is 0 Å². The number of hydrogen-bond donors (Lipinski definition) is 7. The van der Waals surface area contributed by atoms with Crippen molar-refractivity contribution < 1.29 is 48.8 Å². The molecular weight excluding hydrogens is 308 g/mol. The average molecular weight is 320 g/mol. The summed E-state index contributed by atoms with van der Waals surface area (Å²) in [5, 5.41) is 15.4. The summed E-state index contributed by atoms with van der Waals surface area (Å²) in [6.45, 7) is -0.939. The van der Waals surface area contributed by atoms with Gasteiger partial charge in [-0.25, -0.2) is 9.56 Å². The van der Waals surface area contributed by atoms with Crippen LogP contribution in [0.4, 0.5) is 0 Å². The first kappa shape index (κ1) is 18.1. The van der Waals surface area contributed by atoms with Crippen LogP contribution in [-0.4, -0.2) is 58.4 Å². The Balaban J connectivity index is 5.22. The minimum absolute atomic E-state index is 0.888. The van der Waals surface area contributed by atoms with Crippen LogP contribution in [0.15, 0.2) is 4.99 Å². The summed E-state index contributed by atoms with van der Waals surface area (Å²) in [5.74, 6) is -4.72. The van der Waals surface area contributed by atoms with E-state index in [4.69, 9.17) is 34.7 Å². The Hall–Kier alpha value is -0.930. The van der Waals surface area contributed by atoms with Crippen LogP contribution in [0, 0.1) is 5.92 Å². The molecular formula is C6H12NO10P2+. The minimum atomic E-state index is -5.31. The van der Waals surface area contributed by atoms with E-state index in [1.165, 1.54) is 0 Å². The fraction of sp³-hybridized carbons (Fsp3) is 0.500. The molecule has 110 valence electrons. The molecule has 0 fully saturated rings. The zero-order valence-corrected chi connectivity index (χ0v) is 11.0. The third-order valence-electron chi connectivity index (χ3n) is 1.75. The van der Waals surface area contributed by atoms with Crippen molar-refractivity contribution in [1.29, 1.82) is 0 Å². The van der Waals surface area contributed by atoms with E-state index in [2.05, 4.69) is 4.99 Å². The Morgan fingerprint density at radius 1 is 1.16 bits per heavy atom. The number of hydrogen-bond acceptors (Lipinski definition) is 7. The highest BCUT2D eigenvalue weighted by atomic mass is 31.3. The van der Waals surface area contributed by atoms with Gasteiger partial charge in [-0.1, -0.05) is 0 Å². The second kappa shape index (κ2) is 6.49. The van der Waals surface area contributed by atoms with Gasteiger partial charge in [0.2, 0.25) is 0 Å². The lowest BCUT2D eigenvalue weighted by molar-refractivity contribution is -0.147. The molecule has 0 rings (SSSR count). The quantitative estimate of drug-likeness (QED) is 0.212. The zero-order chi connectivity index (χ0) is 15.4. The predicted molar refractivity (Wildman–Crippen MR) is 61.3 cm³/mol. The Morgan fingerprint density at radius 2 is 1.63 bits per heavy atom. The second-order valence-electron chi connectivity index (χ2n) is 3.39. The molecule has 7 N–H and O–H groups in total. The van der Waals surface area contributed by atoms with Crippen molar-refractivity contribution in [2.45, 2.75) is 6.42 Å². The molecule has 0 heterocycles. The Morgan fingerprint density at radius 3 is 1.89 bits per heavy atom. The van der Waals surface area contributed by atoms with E-state index in [9.17, 15) is 14.2 Å². The van der Waals surface area contributed by atoms with E-state index < -0.39 is 51.6 Å². The van der Waals surface area contributed by atoms with Crippen LogP contribution in [-0.2, 0) is 14.2 Å². The summed E-state index contributed by atoms with van der Waals surface area (Å²) < 4.78 is 10.8. The second-order valence-corrected chi connectivity index (χ2v) is 6.81. The van der Waals surface area contributed by atoms with Gasteiger partial charge in [-0.2, -0.15) is 14.7 Å². The van der Waals surface area contributed by atoms with E-state index in [0.29, 0.717) is 0 Å². The third-order valence-corrected chi connectivity index (χ3v) is 4.68. The van der Waals surface area contributed by atoms with Crippen LogP contribution in [0.2, 0.25) is 0 Å². The molecule has 0 amide bonds. The van der Waals surface area contributed by atoms with Crippen LogP contribution >= 0.6 is 15.5 Å². The van der Waals surface area contributed by atoms with Crippen molar-refractivity contribution in [3.05, 3.63) is 0 Å². The van der Waals surface area contributed by atoms with Gasteiger partial charge in [0.05, 0.1) is 18.9 Å². The van der Waals surface area contributed by atoms with Crippen molar-refractivity contribution in [2.75, 3.05) is 6.54 Å². The molecule has 0 aliphatic rings. The first-order valence-corrected chi connectivity index (χ1v) is 7.74. The molecule has 0 spiro atoms. The van der Waals surface area contributed by atoms with Crippen LogP contribution < -0.4 is 0 Å². The maximum atomic E-state index is 10.8. The average Bonchev–Trinajstić information content (AvgIpc) is 2.10. The maximum Gasteiger partial charge on any atom is 0.469 e. The molecule has 0 aromatic rings. The van der Waals surface area contributed by atoms with Crippen molar-refractivity contribution in [3.8, 4) is 0 Å². The van der Waals surface area contributed by atoms with Gasteiger partial charge in [-0.05, 0) is 0 Å². The van der Waals surface area contributed by atoms with Gasteiger partial charge in [0, 0.05) is 0 Å². The zero-order valence-electron chi connectivity index (χ0n) is 9.19. The Kier molecular flexibility index (Phi) is 6.17. The molecule has 13 heteroatoms. The van der Waals surface area contributed by atoms with E-state index >= 15 is 0 Å². The van der Waals surface area contributed by atoms with Crippen LogP contribution in [0.5, 0.6) is 0 Å². The van der Waals surface area contributed by atoms with Crippen LogP contribution in [0.3, 0.4) is 0 Å². The molecule has 11 nitrogen and oxygen atoms in total. The molecule has 0 aromatic heterocycles. The Labute approximate surface area is 106 Å². The summed E-state index contributed by atoms with van der Waals surface area (Å²) in [5.41, 5.74) is 0. The predicted octanol–water partition coefficient (Wildman–Crippen LogP) is -1.56. The summed E-state index contributed by atoms with van der Waals surface area (Å²) in [4.78, 5) is 67.7. The molecule has 0 saturated carbocycles. The molecule has 19 heavy (non-hydrogen) atoms. The molecule has 0 radical (unpaired) electrons. The van der Waals surface area contributed by atoms with Gasteiger partial charge >= 0.3 is 32.7 Å². The standard InChI is InChI=1S/C6H11NO10P2/c8-4(9)1-3(5(10)11)2-7-6(18(12,13)14)19(15,16)17/h3,12-14H,1-2H2,(H3-,8,9,10,11,15,16,17)/p+1. The summed E-state index contributed by atoms with van der Waals surface area (Å²) in [6, 6.07) is 0. The number of nitrogens with zero attached hydrogens (tertiary/aromatic N) is 1. The van der Waals surface area contributed by atoms with Crippen LogP contribution in [0.25, 0.3) is 0 Å². The van der Waals surface area contributed by atoms with Gasteiger partial charge in [-0.3, -0.25) is 9.59 Å². The van der Waals surface area contributed by atoms with E-state index in [0.717, 1.165) is 0 Å². The number of aliphatic carboxylic acids is 2. The first-order chi connectivity index (χ1) is 8.35. The lowest BCUT2D eigenvalue weighted by Crippen LogP contribution is -2.21. The van der Waals surface area contributed by atoms with E-state index in [1.54, 1.807) is 0 Å². The highest BCUT2D eigenvalue weighted by Crippen LogP contribution is 2.60. The van der Waals surface area contributed by atoms with Crippen LogP contribution in [0.1, 0.15) is 6.42 Å². The van der Waals surface area contributed by atoms with E-state index in [1.807, 2.05) is 0 Å². The van der Waals surface area contributed by atoms with Crippen molar-refractivity contribution in [1.82, 2.24) is 0 Å². The topological polar surface area (TPSA) is 205 Å². The van der Waals surface area contributed by atoms with Gasteiger partial charge < -0.3 is 20.0 Å². The van der Waals surface area contributed by atoms with Crippen molar-refractivity contribution in [3.63, 3.8) is 0 Å². The molecule has 0 saturated heterocycles. The number of rotatable bonds is 7.